The molecular formula is C22H48N4O3S. The predicted molar refractivity (Wildman–Crippen MR) is 129 cm³/mol. The highest BCUT2D eigenvalue weighted by molar-refractivity contribution is 7.89. The zero-order chi connectivity index (χ0) is 20.6. The molecule has 0 aliphatic carbocycles. The summed E-state index contributed by atoms with van der Waals surface area (Å²) in [6.07, 6.45) is 6.36. The Morgan fingerprint density at radius 1 is 0.900 bits per heavy atom. The molecule has 3 heterocycles. The molecule has 3 rings (SSSR count). The molecular weight excluding hydrogens is 400 g/mol. The molecule has 8 heteroatoms. The second kappa shape index (κ2) is 15.4. The van der Waals surface area contributed by atoms with Crippen molar-refractivity contribution in [3.8, 4) is 0 Å². The van der Waals surface area contributed by atoms with Crippen LogP contribution in [0.15, 0.2) is 18.5 Å². The van der Waals surface area contributed by atoms with Gasteiger partial charge in [-0.25, -0.2) is 8.42 Å². The lowest BCUT2D eigenvalue weighted by molar-refractivity contribution is -0.129. The number of hydrogen-bond donors (Lipinski definition) is 0. The predicted octanol–water partition coefficient (Wildman–Crippen LogP) is 4.82. The molecule has 7 nitrogen and oxygen atoms in total. The first kappa shape index (κ1) is 33.2. The molecule has 1 amide bonds. The van der Waals surface area contributed by atoms with E-state index in [0.717, 1.165) is 25.8 Å². The lowest BCUT2D eigenvalue weighted by atomic mass is 10.3. The Labute approximate surface area is 186 Å². The topological polar surface area (TPSA) is 75.5 Å². The quantitative estimate of drug-likeness (QED) is 0.664. The number of aromatic nitrogens is 2. The van der Waals surface area contributed by atoms with Crippen LogP contribution in [0.5, 0.6) is 0 Å². The summed E-state index contributed by atoms with van der Waals surface area (Å²) in [7, 11) is -2.85. The van der Waals surface area contributed by atoms with Crippen LogP contribution in [0.1, 0.15) is 89.1 Å². The van der Waals surface area contributed by atoms with Crippen molar-refractivity contribution in [2.24, 2.45) is 0 Å². The largest absolute Gasteiger partial charge is 0.340 e. The van der Waals surface area contributed by atoms with Crippen molar-refractivity contribution in [3.05, 3.63) is 18.5 Å². The van der Waals surface area contributed by atoms with Crippen LogP contribution in [0.4, 0.5) is 0 Å². The lowest BCUT2D eigenvalue weighted by Gasteiger charge is -2.19. The van der Waals surface area contributed by atoms with E-state index in [9.17, 15) is 13.2 Å². The number of sulfonamides is 1. The van der Waals surface area contributed by atoms with Crippen LogP contribution >= 0.6 is 0 Å². The van der Waals surface area contributed by atoms with Gasteiger partial charge in [0.25, 0.3) is 0 Å². The van der Waals surface area contributed by atoms with Gasteiger partial charge < -0.3 is 4.90 Å². The highest BCUT2D eigenvalue weighted by Crippen LogP contribution is 2.16. The number of nitrogens with zero attached hydrogens (tertiary/aromatic N) is 4. The summed E-state index contributed by atoms with van der Waals surface area (Å²) >= 11 is 0. The molecule has 1 aromatic heterocycles. The molecule has 0 radical (unpaired) electrons. The summed E-state index contributed by atoms with van der Waals surface area (Å²) in [5, 5.41) is 4.03. The first-order chi connectivity index (χ1) is 12.6. The minimum Gasteiger partial charge on any atom is -0.340 e. The summed E-state index contributed by atoms with van der Waals surface area (Å²) in [5.74, 6) is 0.663. The Hall–Kier alpha value is -1.41. The van der Waals surface area contributed by atoms with Crippen LogP contribution in [0.3, 0.4) is 0 Å². The molecule has 30 heavy (non-hydrogen) atoms. The van der Waals surface area contributed by atoms with E-state index < -0.39 is 10.0 Å². The van der Waals surface area contributed by atoms with Crippen LogP contribution in [-0.4, -0.2) is 64.2 Å². The zero-order valence-electron chi connectivity index (χ0n) is 17.6. The van der Waals surface area contributed by atoms with Crippen LogP contribution < -0.4 is 0 Å². The van der Waals surface area contributed by atoms with Gasteiger partial charge in [-0.15, -0.1) is 0 Å². The summed E-state index contributed by atoms with van der Waals surface area (Å²) in [4.78, 5) is 12.9. The van der Waals surface area contributed by atoms with E-state index in [0.29, 0.717) is 30.3 Å². The molecule has 0 N–H and O–H groups in total. The maximum absolute atomic E-state index is 11.1. The smallest absolute Gasteiger partial charge is 0.222 e. The molecule has 1 aromatic rings. The minimum absolute atomic E-state index is 0. The van der Waals surface area contributed by atoms with Gasteiger partial charge in [-0.05, 0) is 60.5 Å². The van der Waals surface area contributed by atoms with Crippen LogP contribution in [0.25, 0.3) is 0 Å². The highest BCUT2D eigenvalue weighted by Gasteiger charge is 2.29. The van der Waals surface area contributed by atoms with Crippen molar-refractivity contribution in [1.29, 1.82) is 0 Å². The fourth-order valence-electron chi connectivity index (χ4n) is 3.04. The second-order valence-electron chi connectivity index (χ2n) is 7.74. The first-order valence-corrected chi connectivity index (χ1v) is 11.4. The van der Waals surface area contributed by atoms with E-state index in [2.05, 4.69) is 32.8 Å². The van der Waals surface area contributed by atoms with E-state index in [-0.39, 0.29) is 28.3 Å². The van der Waals surface area contributed by atoms with E-state index in [1.165, 1.54) is 0 Å². The molecule has 0 saturated carbocycles. The van der Waals surface area contributed by atoms with E-state index in [4.69, 9.17) is 0 Å². The van der Waals surface area contributed by atoms with Crippen molar-refractivity contribution < 1.29 is 13.2 Å². The fraction of sp³-hybridized carbons (Fsp3) is 0.818. The van der Waals surface area contributed by atoms with Gasteiger partial charge in [0.1, 0.15) is 0 Å². The lowest BCUT2D eigenvalue weighted by Crippen LogP contribution is -2.32. The summed E-state index contributed by atoms with van der Waals surface area (Å²) in [6.45, 7) is 13.8. The maximum atomic E-state index is 11.1. The van der Waals surface area contributed by atoms with Gasteiger partial charge in [0.2, 0.25) is 15.9 Å². The molecule has 2 saturated heterocycles. The van der Waals surface area contributed by atoms with Gasteiger partial charge in [0.15, 0.2) is 0 Å². The van der Waals surface area contributed by atoms with Crippen molar-refractivity contribution in [1.82, 2.24) is 19.0 Å². The molecule has 180 valence electrons. The number of amides is 1. The Bertz CT molecular complexity index is 656. The molecule has 2 aliphatic rings. The minimum atomic E-state index is -2.85. The van der Waals surface area contributed by atoms with Gasteiger partial charge in [-0.1, -0.05) is 22.3 Å². The molecule has 0 spiro atoms. The molecule has 0 aromatic carbocycles. The molecule has 2 aliphatic heterocycles. The van der Waals surface area contributed by atoms with E-state index in [1.54, 1.807) is 10.5 Å². The van der Waals surface area contributed by atoms with E-state index in [1.807, 2.05) is 35.7 Å². The van der Waals surface area contributed by atoms with Gasteiger partial charge in [-0.2, -0.15) is 9.40 Å². The van der Waals surface area contributed by atoms with Crippen LogP contribution in [-0.2, 0) is 14.8 Å². The standard InChI is InChI=1S/C7H13NO.C6H10N2.C6H13NO2S.3CH4/c1-6(2)8-5-3-4-7(8)9;1-6(2)8-5-3-4-7-8;1-6(2)7-4-3-5-10(7,8)9;;;/h6H,3-5H2,1-2H3;3-6H,1-2H3;6H,3-5H2,1-2H3;3*1H4. The molecule has 0 bridgehead atoms. The van der Waals surface area contributed by atoms with Crippen LogP contribution in [0.2, 0.25) is 0 Å². The molecule has 2 fully saturated rings. The average molecular weight is 449 g/mol. The third-order valence-electron chi connectivity index (χ3n) is 4.50. The summed E-state index contributed by atoms with van der Waals surface area (Å²) in [5.41, 5.74) is 0. The third kappa shape index (κ3) is 10.6. The van der Waals surface area contributed by atoms with Gasteiger partial charge in [-0.3, -0.25) is 9.48 Å². The highest BCUT2D eigenvalue weighted by atomic mass is 32.2. The molecule has 0 unspecified atom stereocenters. The monoisotopic (exact) mass is 448 g/mol. The van der Waals surface area contributed by atoms with Crippen molar-refractivity contribution in [2.45, 2.75) is 101 Å². The number of hydrogen-bond acceptors (Lipinski definition) is 4. The third-order valence-corrected chi connectivity index (χ3v) is 6.62. The Balaban J connectivity index is -0.000000349. The number of likely N-dealkylation sites (tertiary alicyclic amines) is 1. The van der Waals surface area contributed by atoms with Crippen molar-refractivity contribution in [2.75, 3.05) is 18.8 Å². The summed E-state index contributed by atoms with van der Waals surface area (Å²) in [6, 6.07) is 2.96. The van der Waals surface area contributed by atoms with Crippen molar-refractivity contribution >= 4 is 15.9 Å². The SMILES string of the molecule is C.C.C.CC(C)N1CCCC1=O.CC(C)N1CCCS1(=O)=O.CC(C)n1cccn1. The molecule has 0 atom stereocenters. The number of carbonyl (C=O) groups excluding carboxylic acids is 1. The average Bonchev–Trinajstić information content (AvgIpc) is 3.28. The Morgan fingerprint density at radius 3 is 1.70 bits per heavy atom. The number of rotatable bonds is 3. The van der Waals surface area contributed by atoms with Gasteiger partial charge in [0, 0.05) is 50.0 Å². The second-order valence-corrected chi connectivity index (χ2v) is 9.78. The van der Waals surface area contributed by atoms with Crippen LogP contribution in [0, 0.1) is 0 Å². The maximum Gasteiger partial charge on any atom is 0.222 e. The Morgan fingerprint density at radius 2 is 1.50 bits per heavy atom. The van der Waals surface area contributed by atoms with Gasteiger partial charge >= 0.3 is 0 Å². The Kier molecular flexibility index (Phi) is 17.1. The summed E-state index contributed by atoms with van der Waals surface area (Å²) < 4.78 is 25.7. The van der Waals surface area contributed by atoms with E-state index >= 15 is 0 Å². The fourth-order valence-corrected chi connectivity index (χ4v) is 4.82. The normalized spacial score (nSPS) is 17.4. The van der Waals surface area contributed by atoms with Gasteiger partial charge in [0.05, 0.1) is 5.75 Å². The van der Waals surface area contributed by atoms with Crippen molar-refractivity contribution in [3.63, 3.8) is 0 Å². The number of carbonyl (C=O) groups is 1. The zero-order valence-corrected chi connectivity index (χ0v) is 18.4. The first-order valence-electron chi connectivity index (χ1n) is 9.84.